The number of alkyl halides is 3. The van der Waals surface area contributed by atoms with Crippen LogP contribution >= 0.6 is 0 Å². The lowest BCUT2D eigenvalue weighted by atomic mass is 10.1. The van der Waals surface area contributed by atoms with E-state index in [1.54, 1.807) is 7.11 Å². The van der Waals surface area contributed by atoms with Gasteiger partial charge in [-0.3, -0.25) is 0 Å². The summed E-state index contributed by atoms with van der Waals surface area (Å²) in [5.41, 5.74) is 2.16. The zero-order valence-electron chi connectivity index (χ0n) is 11.3. The molecule has 0 fully saturated rings. The molecular weight excluding hydrogens is 255 g/mol. The topological polar surface area (TPSA) is 21.3 Å². The van der Waals surface area contributed by atoms with Crippen LogP contribution in [0.25, 0.3) is 0 Å². The third kappa shape index (κ3) is 6.47. The fourth-order valence-electron chi connectivity index (χ4n) is 1.86. The first-order valence-corrected chi connectivity index (χ1v) is 6.33. The van der Waals surface area contributed by atoms with Gasteiger partial charge in [-0.05, 0) is 43.5 Å². The SMILES string of the molecule is COc1ccc(CNCCCCC(F)(F)F)cc1C. The molecule has 19 heavy (non-hydrogen) atoms. The smallest absolute Gasteiger partial charge is 0.389 e. The number of unbranched alkanes of at least 4 members (excludes halogenated alkanes) is 1. The van der Waals surface area contributed by atoms with Gasteiger partial charge in [0.25, 0.3) is 0 Å². The number of aryl methyl sites for hydroxylation is 1. The number of halogens is 3. The van der Waals surface area contributed by atoms with Gasteiger partial charge < -0.3 is 10.1 Å². The van der Waals surface area contributed by atoms with Crippen molar-refractivity contribution in [1.29, 1.82) is 0 Å². The van der Waals surface area contributed by atoms with E-state index in [1.807, 2.05) is 25.1 Å². The van der Waals surface area contributed by atoms with Crippen LogP contribution in [0.3, 0.4) is 0 Å². The summed E-state index contributed by atoms with van der Waals surface area (Å²) in [6.45, 7) is 3.23. The van der Waals surface area contributed by atoms with Crippen LogP contribution in [0, 0.1) is 6.92 Å². The van der Waals surface area contributed by atoms with Gasteiger partial charge in [-0.25, -0.2) is 0 Å². The van der Waals surface area contributed by atoms with Crippen molar-refractivity contribution in [3.63, 3.8) is 0 Å². The summed E-state index contributed by atoms with van der Waals surface area (Å²) in [6.07, 6.45) is -4.02. The standard InChI is InChI=1S/C14H20F3NO/c1-11-9-12(5-6-13(11)19-2)10-18-8-4-3-7-14(15,16)17/h5-6,9,18H,3-4,7-8,10H2,1-2H3. The highest BCUT2D eigenvalue weighted by atomic mass is 19.4. The van der Waals surface area contributed by atoms with E-state index in [0.29, 0.717) is 19.5 Å². The summed E-state index contributed by atoms with van der Waals surface area (Å²) in [5.74, 6) is 0.842. The lowest BCUT2D eigenvalue weighted by Gasteiger charge is -2.09. The van der Waals surface area contributed by atoms with Gasteiger partial charge in [0.15, 0.2) is 0 Å². The zero-order valence-corrected chi connectivity index (χ0v) is 11.3. The molecule has 0 amide bonds. The molecule has 1 aromatic rings. The predicted octanol–water partition coefficient (Wildman–Crippen LogP) is 3.83. The van der Waals surface area contributed by atoms with Gasteiger partial charge >= 0.3 is 6.18 Å². The fourth-order valence-corrected chi connectivity index (χ4v) is 1.86. The Bertz CT molecular complexity index is 391. The van der Waals surface area contributed by atoms with Crippen molar-refractivity contribution >= 4 is 0 Å². The molecule has 1 rings (SSSR count). The number of ether oxygens (including phenoxy) is 1. The van der Waals surface area contributed by atoms with E-state index in [-0.39, 0.29) is 6.42 Å². The van der Waals surface area contributed by atoms with Crippen molar-refractivity contribution in [3.05, 3.63) is 29.3 Å². The number of hydrogen-bond donors (Lipinski definition) is 1. The molecule has 1 N–H and O–H groups in total. The molecule has 0 radical (unpaired) electrons. The largest absolute Gasteiger partial charge is 0.496 e. The molecule has 0 unspecified atom stereocenters. The van der Waals surface area contributed by atoms with E-state index in [9.17, 15) is 13.2 Å². The molecule has 0 heterocycles. The van der Waals surface area contributed by atoms with Crippen molar-refractivity contribution in [3.8, 4) is 5.75 Å². The van der Waals surface area contributed by atoms with Crippen LogP contribution in [-0.2, 0) is 6.54 Å². The minimum atomic E-state index is -4.03. The molecule has 0 aromatic heterocycles. The van der Waals surface area contributed by atoms with Crippen molar-refractivity contribution < 1.29 is 17.9 Å². The number of benzene rings is 1. The lowest BCUT2D eigenvalue weighted by Crippen LogP contribution is -2.16. The fraction of sp³-hybridized carbons (Fsp3) is 0.571. The highest BCUT2D eigenvalue weighted by Crippen LogP contribution is 2.22. The van der Waals surface area contributed by atoms with Gasteiger partial charge in [0, 0.05) is 13.0 Å². The molecule has 0 aliphatic rings. The van der Waals surface area contributed by atoms with Gasteiger partial charge in [-0.2, -0.15) is 13.2 Å². The molecule has 0 saturated carbocycles. The van der Waals surface area contributed by atoms with Crippen LogP contribution < -0.4 is 10.1 Å². The van der Waals surface area contributed by atoms with Crippen molar-refractivity contribution in [2.45, 2.75) is 38.9 Å². The highest BCUT2D eigenvalue weighted by Gasteiger charge is 2.25. The molecule has 0 bridgehead atoms. The van der Waals surface area contributed by atoms with Gasteiger partial charge in [-0.1, -0.05) is 12.1 Å². The van der Waals surface area contributed by atoms with E-state index < -0.39 is 12.6 Å². The molecule has 2 nitrogen and oxygen atoms in total. The van der Waals surface area contributed by atoms with Crippen LogP contribution in [-0.4, -0.2) is 19.8 Å². The Hall–Kier alpha value is -1.23. The van der Waals surface area contributed by atoms with Crippen LogP contribution in [0.4, 0.5) is 13.2 Å². The maximum Gasteiger partial charge on any atom is 0.389 e. The predicted molar refractivity (Wildman–Crippen MR) is 69.3 cm³/mol. The lowest BCUT2D eigenvalue weighted by molar-refractivity contribution is -0.135. The Morgan fingerprint density at radius 2 is 1.95 bits per heavy atom. The van der Waals surface area contributed by atoms with Gasteiger partial charge in [0.2, 0.25) is 0 Å². The molecule has 1 aromatic carbocycles. The zero-order chi connectivity index (χ0) is 14.3. The average molecular weight is 275 g/mol. The van der Waals surface area contributed by atoms with E-state index in [2.05, 4.69) is 5.32 Å². The molecule has 0 spiro atoms. The first-order chi connectivity index (χ1) is 8.92. The Morgan fingerprint density at radius 1 is 1.21 bits per heavy atom. The summed E-state index contributed by atoms with van der Waals surface area (Å²) in [5, 5.41) is 3.14. The average Bonchev–Trinajstić information content (AvgIpc) is 2.32. The van der Waals surface area contributed by atoms with Gasteiger partial charge in [-0.15, -0.1) is 0 Å². The van der Waals surface area contributed by atoms with Crippen LogP contribution in [0.5, 0.6) is 5.75 Å². The van der Waals surface area contributed by atoms with Crippen LogP contribution in [0.15, 0.2) is 18.2 Å². The van der Waals surface area contributed by atoms with Crippen LogP contribution in [0.1, 0.15) is 30.4 Å². The number of rotatable bonds is 7. The highest BCUT2D eigenvalue weighted by molar-refractivity contribution is 5.36. The maximum absolute atomic E-state index is 11.9. The van der Waals surface area contributed by atoms with Gasteiger partial charge in [0.1, 0.15) is 5.75 Å². The normalized spacial score (nSPS) is 11.6. The second-order valence-electron chi connectivity index (χ2n) is 4.55. The second kappa shape index (κ2) is 7.38. The Kier molecular flexibility index (Phi) is 6.15. The Labute approximate surface area is 112 Å². The van der Waals surface area contributed by atoms with Crippen molar-refractivity contribution in [2.75, 3.05) is 13.7 Å². The Balaban J connectivity index is 2.21. The third-order valence-corrected chi connectivity index (χ3v) is 2.85. The molecule has 0 saturated heterocycles. The summed E-state index contributed by atoms with van der Waals surface area (Å²) >= 11 is 0. The summed E-state index contributed by atoms with van der Waals surface area (Å²) < 4.78 is 40.9. The summed E-state index contributed by atoms with van der Waals surface area (Å²) in [4.78, 5) is 0. The molecule has 5 heteroatoms. The van der Waals surface area contributed by atoms with E-state index in [1.165, 1.54) is 0 Å². The monoisotopic (exact) mass is 275 g/mol. The summed E-state index contributed by atoms with van der Waals surface area (Å²) in [7, 11) is 1.63. The molecule has 0 atom stereocenters. The minimum absolute atomic E-state index is 0.179. The Morgan fingerprint density at radius 3 is 2.53 bits per heavy atom. The molecule has 0 aliphatic carbocycles. The second-order valence-corrected chi connectivity index (χ2v) is 4.55. The molecular formula is C14H20F3NO. The van der Waals surface area contributed by atoms with Gasteiger partial charge in [0.05, 0.1) is 7.11 Å². The van der Waals surface area contributed by atoms with Crippen LogP contribution in [0.2, 0.25) is 0 Å². The number of hydrogen-bond acceptors (Lipinski definition) is 2. The third-order valence-electron chi connectivity index (χ3n) is 2.85. The summed E-state index contributed by atoms with van der Waals surface area (Å²) in [6, 6.07) is 5.87. The molecule has 0 aliphatic heterocycles. The number of nitrogens with one attached hydrogen (secondary N) is 1. The van der Waals surface area contributed by atoms with E-state index in [4.69, 9.17) is 4.74 Å². The first-order valence-electron chi connectivity index (χ1n) is 6.33. The quantitative estimate of drug-likeness (QED) is 0.764. The van der Waals surface area contributed by atoms with E-state index in [0.717, 1.165) is 16.9 Å². The number of methoxy groups -OCH3 is 1. The first kappa shape index (κ1) is 15.8. The van der Waals surface area contributed by atoms with Crippen molar-refractivity contribution in [2.24, 2.45) is 0 Å². The molecule has 108 valence electrons. The minimum Gasteiger partial charge on any atom is -0.496 e. The van der Waals surface area contributed by atoms with Crippen molar-refractivity contribution in [1.82, 2.24) is 5.32 Å². The van der Waals surface area contributed by atoms with E-state index >= 15 is 0 Å². The maximum atomic E-state index is 11.9.